The van der Waals surface area contributed by atoms with Crippen molar-refractivity contribution in [3.05, 3.63) is 101 Å². The van der Waals surface area contributed by atoms with E-state index >= 15 is 0 Å². The molecule has 3 aromatic carbocycles. The van der Waals surface area contributed by atoms with Crippen LogP contribution >= 0.6 is 0 Å². The van der Waals surface area contributed by atoms with Crippen LogP contribution in [0.15, 0.2) is 84.1 Å². The molecule has 0 fully saturated rings. The summed E-state index contributed by atoms with van der Waals surface area (Å²) in [6.07, 6.45) is 1.24. The van der Waals surface area contributed by atoms with Crippen LogP contribution in [0.4, 0.5) is 11.4 Å². The number of benzene rings is 3. The molecule has 4 heteroatoms. The van der Waals surface area contributed by atoms with E-state index < -0.39 is 0 Å². The van der Waals surface area contributed by atoms with E-state index in [9.17, 15) is 4.79 Å². The maximum Gasteiger partial charge on any atom is 0.163 e. The van der Waals surface area contributed by atoms with Gasteiger partial charge < -0.3 is 15.4 Å². The molecule has 0 saturated carbocycles. The molecule has 5 rings (SSSR count). The monoisotopic (exact) mass is 410 g/mol. The Kier molecular flexibility index (Phi) is 4.99. The second-order valence-electron chi connectivity index (χ2n) is 8.27. The van der Waals surface area contributed by atoms with Gasteiger partial charge in [0.2, 0.25) is 0 Å². The van der Waals surface area contributed by atoms with Gasteiger partial charge in [0.1, 0.15) is 5.75 Å². The molecule has 1 heterocycles. The molecule has 0 bridgehead atoms. The molecule has 2 N–H and O–H groups in total. The zero-order valence-electron chi connectivity index (χ0n) is 17.8. The number of ether oxygens (including phenoxy) is 1. The predicted octanol–water partition coefficient (Wildman–Crippen LogP) is 5.98. The SMILES string of the molecule is COc1ccccc1C1CC(=O)C2=C(C1)Nc1ccccc1NC2c1ccccc1C. The van der Waals surface area contributed by atoms with Gasteiger partial charge in [0.05, 0.1) is 24.5 Å². The number of hydrogen-bond acceptors (Lipinski definition) is 4. The molecular weight excluding hydrogens is 384 g/mol. The zero-order chi connectivity index (χ0) is 21.4. The van der Waals surface area contributed by atoms with Crippen LogP contribution in [0, 0.1) is 6.92 Å². The van der Waals surface area contributed by atoms with Crippen LogP contribution in [0.25, 0.3) is 0 Å². The number of Topliss-reactive ketones (excluding diaryl/α,β-unsaturated/α-hetero) is 1. The van der Waals surface area contributed by atoms with E-state index in [-0.39, 0.29) is 17.7 Å². The quantitative estimate of drug-likeness (QED) is 0.557. The first-order valence-electron chi connectivity index (χ1n) is 10.7. The van der Waals surface area contributed by atoms with E-state index in [1.807, 2.05) is 42.5 Å². The van der Waals surface area contributed by atoms with Crippen molar-refractivity contribution in [1.29, 1.82) is 0 Å². The van der Waals surface area contributed by atoms with Crippen molar-refractivity contribution < 1.29 is 9.53 Å². The molecule has 4 nitrogen and oxygen atoms in total. The number of carbonyl (C=O) groups excluding carboxylic acids is 1. The third kappa shape index (κ3) is 3.48. The third-order valence-corrected chi connectivity index (χ3v) is 6.39. The molecule has 31 heavy (non-hydrogen) atoms. The van der Waals surface area contributed by atoms with Crippen molar-refractivity contribution in [2.24, 2.45) is 0 Å². The molecule has 2 unspecified atom stereocenters. The van der Waals surface area contributed by atoms with Crippen molar-refractivity contribution >= 4 is 17.2 Å². The minimum absolute atomic E-state index is 0.0812. The number of rotatable bonds is 3. The molecule has 1 aliphatic carbocycles. The Morgan fingerprint density at radius 2 is 1.52 bits per heavy atom. The maximum atomic E-state index is 13.6. The van der Waals surface area contributed by atoms with Crippen molar-refractivity contribution in [2.45, 2.75) is 31.7 Å². The first-order chi connectivity index (χ1) is 15.2. The molecular formula is C27H26N2O2. The van der Waals surface area contributed by atoms with Crippen LogP contribution in [0.3, 0.4) is 0 Å². The fourth-order valence-corrected chi connectivity index (χ4v) is 4.86. The zero-order valence-corrected chi connectivity index (χ0v) is 17.8. The van der Waals surface area contributed by atoms with Crippen LogP contribution in [-0.4, -0.2) is 12.9 Å². The van der Waals surface area contributed by atoms with Crippen molar-refractivity contribution in [3.8, 4) is 5.75 Å². The Bertz CT molecular complexity index is 1180. The lowest BCUT2D eigenvalue weighted by molar-refractivity contribution is -0.116. The molecule has 0 aromatic heterocycles. The minimum atomic E-state index is -0.182. The summed E-state index contributed by atoms with van der Waals surface area (Å²) >= 11 is 0. The average Bonchev–Trinajstić information content (AvgIpc) is 2.96. The largest absolute Gasteiger partial charge is 0.496 e. The lowest BCUT2D eigenvalue weighted by Gasteiger charge is -2.31. The van der Waals surface area contributed by atoms with Gasteiger partial charge in [0, 0.05) is 23.6 Å². The average molecular weight is 411 g/mol. The molecule has 2 atom stereocenters. The molecule has 0 amide bonds. The van der Waals surface area contributed by atoms with Crippen LogP contribution in [0.1, 0.15) is 41.5 Å². The summed E-state index contributed by atoms with van der Waals surface area (Å²) in [6, 6.07) is 24.3. The summed E-state index contributed by atoms with van der Waals surface area (Å²) in [7, 11) is 1.69. The van der Waals surface area contributed by atoms with Gasteiger partial charge >= 0.3 is 0 Å². The van der Waals surface area contributed by atoms with Gasteiger partial charge in [-0.15, -0.1) is 0 Å². The summed E-state index contributed by atoms with van der Waals surface area (Å²) in [5, 5.41) is 7.26. The highest BCUT2D eigenvalue weighted by Gasteiger charge is 2.37. The molecule has 0 saturated heterocycles. The third-order valence-electron chi connectivity index (χ3n) is 6.39. The summed E-state index contributed by atoms with van der Waals surface area (Å²) in [6.45, 7) is 2.10. The molecule has 3 aromatic rings. The van der Waals surface area contributed by atoms with Gasteiger partial charge in [-0.3, -0.25) is 4.79 Å². The summed E-state index contributed by atoms with van der Waals surface area (Å²) in [4.78, 5) is 13.6. The Balaban J connectivity index is 1.63. The van der Waals surface area contributed by atoms with E-state index in [1.54, 1.807) is 7.11 Å². The molecule has 0 spiro atoms. The number of carbonyl (C=O) groups is 1. The van der Waals surface area contributed by atoms with Gasteiger partial charge in [-0.25, -0.2) is 0 Å². The van der Waals surface area contributed by atoms with E-state index in [0.29, 0.717) is 6.42 Å². The minimum Gasteiger partial charge on any atom is -0.496 e. The van der Waals surface area contributed by atoms with Crippen molar-refractivity contribution in [1.82, 2.24) is 0 Å². The number of hydrogen-bond donors (Lipinski definition) is 2. The molecule has 156 valence electrons. The molecule has 1 aliphatic heterocycles. The lowest BCUT2D eigenvalue weighted by atomic mass is 9.78. The predicted molar refractivity (Wildman–Crippen MR) is 125 cm³/mol. The first-order valence-corrected chi connectivity index (χ1v) is 10.7. The fourth-order valence-electron chi connectivity index (χ4n) is 4.86. The van der Waals surface area contributed by atoms with E-state index in [1.165, 1.54) is 5.56 Å². The second kappa shape index (κ2) is 7.95. The molecule has 2 aliphatic rings. The first kappa shape index (κ1) is 19.4. The van der Waals surface area contributed by atoms with Gasteiger partial charge in [-0.2, -0.15) is 0 Å². The number of para-hydroxylation sites is 3. The number of aryl methyl sites for hydroxylation is 1. The van der Waals surface area contributed by atoms with Crippen LogP contribution < -0.4 is 15.4 Å². The van der Waals surface area contributed by atoms with E-state index in [2.05, 4.69) is 47.9 Å². The topological polar surface area (TPSA) is 50.4 Å². The van der Waals surface area contributed by atoms with Crippen molar-refractivity contribution in [2.75, 3.05) is 17.7 Å². The van der Waals surface area contributed by atoms with E-state index in [4.69, 9.17) is 4.74 Å². The Labute approximate surface area is 183 Å². The molecule has 0 radical (unpaired) electrons. The maximum absolute atomic E-state index is 13.6. The highest BCUT2D eigenvalue weighted by molar-refractivity contribution is 6.01. The van der Waals surface area contributed by atoms with E-state index in [0.717, 1.165) is 45.9 Å². The number of ketones is 1. The summed E-state index contributed by atoms with van der Waals surface area (Å²) in [5.41, 5.74) is 7.24. The summed E-state index contributed by atoms with van der Waals surface area (Å²) < 4.78 is 5.60. The number of allylic oxidation sites excluding steroid dienone is 1. The Morgan fingerprint density at radius 1 is 0.839 bits per heavy atom. The van der Waals surface area contributed by atoms with Crippen LogP contribution in [0.5, 0.6) is 5.75 Å². The number of anilines is 2. The normalized spacial score (nSPS) is 20.1. The summed E-state index contributed by atoms with van der Waals surface area (Å²) in [5.74, 6) is 1.10. The highest BCUT2D eigenvalue weighted by atomic mass is 16.5. The second-order valence-corrected chi connectivity index (χ2v) is 8.27. The number of methoxy groups -OCH3 is 1. The van der Waals surface area contributed by atoms with Gasteiger partial charge in [0.15, 0.2) is 5.78 Å². The van der Waals surface area contributed by atoms with Gasteiger partial charge in [-0.05, 0) is 48.2 Å². The van der Waals surface area contributed by atoms with Gasteiger partial charge in [0.25, 0.3) is 0 Å². The van der Waals surface area contributed by atoms with Gasteiger partial charge in [-0.1, -0.05) is 54.6 Å². The van der Waals surface area contributed by atoms with Crippen molar-refractivity contribution in [3.63, 3.8) is 0 Å². The lowest BCUT2D eigenvalue weighted by Crippen LogP contribution is -2.27. The fraction of sp³-hybridized carbons (Fsp3) is 0.222. The van der Waals surface area contributed by atoms with Crippen LogP contribution in [-0.2, 0) is 4.79 Å². The number of nitrogens with one attached hydrogen (secondary N) is 2. The van der Waals surface area contributed by atoms with Crippen LogP contribution in [0.2, 0.25) is 0 Å². The number of fused-ring (bicyclic) bond motifs is 1. The highest BCUT2D eigenvalue weighted by Crippen LogP contribution is 2.45. The Morgan fingerprint density at radius 3 is 2.29 bits per heavy atom. The standard InChI is InChI=1S/C27H26N2O2/c1-17-9-3-4-10-19(17)27-26-23(28-21-12-6-7-13-22(21)29-27)15-18(16-24(26)30)20-11-5-8-14-25(20)31-2/h3-14,18,27-29H,15-16H2,1-2H3. The Hall–Kier alpha value is -3.53. The smallest absolute Gasteiger partial charge is 0.163 e.